The summed E-state index contributed by atoms with van der Waals surface area (Å²) in [5, 5.41) is 3.85. The van der Waals surface area contributed by atoms with Gasteiger partial charge in [-0.1, -0.05) is 19.0 Å². The van der Waals surface area contributed by atoms with Gasteiger partial charge in [-0.05, 0) is 6.42 Å². The first-order valence-electron chi connectivity index (χ1n) is 7.49. The number of piperidine rings is 1. The minimum Gasteiger partial charge on any atom is -0.381 e. The van der Waals surface area contributed by atoms with Crippen molar-refractivity contribution in [1.29, 1.82) is 0 Å². The van der Waals surface area contributed by atoms with Crippen LogP contribution >= 0.6 is 0 Å². The van der Waals surface area contributed by atoms with E-state index in [9.17, 15) is 9.59 Å². The smallest absolute Gasteiger partial charge is 0.276 e. The number of rotatable bonds is 5. The molecule has 1 fully saturated rings. The fourth-order valence-electron chi connectivity index (χ4n) is 2.78. The Kier molecular flexibility index (Phi) is 5.18. The molecule has 0 saturated carbocycles. The third-order valence-electron chi connectivity index (χ3n) is 4.03. The lowest BCUT2D eigenvalue weighted by Crippen LogP contribution is -2.47. The fraction of sp³-hybridized carbons (Fsp3) is 0.667. The molecule has 2 rings (SSSR count). The molecule has 7 heteroatoms. The SMILES string of the molecule is CO[C@@H]1CCN(C(=O)c2cc(C(C)C)on2)C[C@H]1CC(N)=O. The second-order valence-electron chi connectivity index (χ2n) is 6.01. The monoisotopic (exact) mass is 309 g/mol. The van der Waals surface area contributed by atoms with Crippen LogP contribution in [0.2, 0.25) is 0 Å². The van der Waals surface area contributed by atoms with Crippen LogP contribution in [0, 0.1) is 5.92 Å². The van der Waals surface area contributed by atoms with Gasteiger partial charge in [-0.2, -0.15) is 0 Å². The molecule has 1 saturated heterocycles. The highest BCUT2D eigenvalue weighted by Gasteiger charge is 2.33. The standard InChI is InChI=1S/C15H23N3O4/c1-9(2)13-7-11(17-22-13)15(20)18-5-4-12(21-3)10(8-18)6-14(16)19/h7,9-10,12H,4-6,8H2,1-3H3,(H2,16,19)/t10-,12-/m1/s1. The van der Waals surface area contributed by atoms with Gasteiger partial charge in [-0.3, -0.25) is 9.59 Å². The van der Waals surface area contributed by atoms with E-state index < -0.39 is 0 Å². The highest BCUT2D eigenvalue weighted by molar-refractivity contribution is 5.92. The molecule has 0 unspecified atom stereocenters. The van der Waals surface area contributed by atoms with E-state index in [1.165, 1.54) is 0 Å². The Morgan fingerprint density at radius 1 is 1.55 bits per heavy atom. The second-order valence-corrected chi connectivity index (χ2v) is 6.01. The van der Waals surface area contributed by atoms with E-state index in [0.717, 1.165) is 0 Å². The van der Waals surface area contributed by atoms with Crippen LogP contribution in [0.25, 0.3) is 0 Å². The molecule has 1 aromatic heterocycles. The molecule has 0 spiro atoms. The van der Waals surface area contributed by atoms with E-state index in [1.807, 2.05) is 13.8 Å². The van der Waals surface area contributed by atoms with Gasteiger partial charge in [0, 0.05) is 44.5 Å². The number of methoxy groups -OCH3 is 1. The first-order chi connectivity index (χ1) is 10.4. The van der Waals surface area contributed by atoms with Crippen molar-refractivity contribution in [1.82, 2.24) is 10.1 Å². The molecular weight excluding hydrogens is 286 g/mol. The molecule has 22 heavy (non-hydrogen) atoms. The minimum absolute atomic E-state index is 0.0555. The topological polar surface area (TPSA) is 98.7 Å². The van der Waals surface area contributed by atoms with Crippen molar-refractivity contribution >= 4 is 11.8 Å². The van der Waals surface area contributed by atoms with Gasteiger partial charge in [0.05, 0.1) is 6.10 Å². The summed E-state index contributed by atoms with van der Waals surface area (Å²) in [7, 11) is 1.61. The Bertz CT molecular complexity index is 541. The van der Waals surface area contributed by atoms with Crippen LogP contribution < -0.4 is 5.73 Å². The highest BCUT2D eigenvalue weighted by Crippen LogP contribution is 2.24. The summed E-state index contributed by atoms with van der Waals surface area (Å²) in [4.78, 5) is 25.4. The minimum atomic E-state index is -0.384. The summed E-state index contributed by atoms with van der Waals surface area (Å²) < 4.78 is 10.6. The number of hydrogen-bond donors (Lipinski definition) is 1. The number of carbonyl (C=O) groups excluding carboxylic acids is 2. The largest absolute Gasteiger partial charge is 0.381 e. The Morgan fingerprint density at radius 2 is 2.27 bits per heavy atom. The normalized spacial score (nSPS) is 22.1. The molecular formula is C15H23N3O4. The van der Waals surface area contributed by atoms with Gasteiger partial charge in [0.1, 0.15) is 5.76 Å². The van der Waals surface area contributed by atoms with Gasteiger partial charge < -0.3 is 19.9 Å². The zero-order chi connectivity index (χ0) is 16.3. The lowest BCUT2D eigenvalue weighted by Gasteiger charge is -2.37. The van der Waals surface area contributed by atoms with E-state index in [4.69, 9.17) is 15.0 Å². The number of amides is 2. The van der Waals surface area contributed by atoms with E-state index >= 15 is 0 Å². The first-order valence-corrected chi connectivity index (χ1v) is 7.49. The Labute approximate surface area is 129 Å². The van der Waals surface area contributed by atoms with E-state index in [2.05, 4.69) is 5.16 Å². The molecule has 2 N–H and O–H groups in total. The highest BCUT2D eigenvalue weighted by atomic mass is 16.5. The average molecular weight is 309 g/mol. The van der Waals surface area contributed by atoms with E-state index in [1.54, 1.807) is 18.1 Å². The molecule has 2 heterocycles. The van der Waals surface area contributed by atoms with Crippen LogP contribution in [-0.4, -0.2) is 48.2 Å². The molecule has 7 nitrogen and oxygen atoms in total. The van der Waals surface area contributed by atoms with Crippen molar-refractivity contribution in [2.45, 2.75) is 38.7 Å². The third-order valence-corrected chi connectivity index (χ3v) is 4.03. The van der Waals surface area contributed by atoms with Crippen LogP contribution in [-0.2, 0) is 9.53 Å². The zero-order valence-electron chi connectivity index (χ0n) is 13.2. The number of nitrogens with two attached hydrogens (primary N) is 1. The van der Waals surface area contributed by atoms with Crippen LogP contribution in [0.1, 0.15) is 48.9 Å². The first kappa shape index (κ1) is 16.5. The molecule has 1 aromatic rings. The van der Waals surface area contributed by atoms with Crippen LogP contribution in [0.15, 0.2) is 10.6 Å². The van der Waals surface area contributed by atoms with Crippen molar-refractivity contribution in [2.24, 2.45) is 11.7 Å². The van der Waals surface area contributed by atoms with Crippen LogP contribution in [0.3, 0.4) is 0 Å². The number of carbonyl (C=O) groups is 2. The summed E-state index contributed by atoms with van der Waals surface area (Å²) in [6.07, 6.45) is 0.827. The van der Waals surface area contributed by atoms with Gasteiger partial charge in [0.2, 0.25) is 5.91 Å². The van der Waals surface area contributed by atoms with Crippen molar-refractivity contribution in [3.05, 3.63) is 17.5 Å². The number of nitrogens with zero attached hydrogens (tertiary/aromatic N) is 2. The Balaban J connectivity index is 2.07. The number of likely N-dealkylation sites (tertiary alicyclic amines) is 1. The molecule has 2 amide bonds. The molecule has 1 aliphatic heterocycles. The summed E-state index contributed by atoms with van der Waals surface area (Å²) in [6, 6.07) is 1.68. The van der Waals surface area contributed by atoms with Gasteiger partial charge in [-0.15, -0.1) is 0 Å². The zero-order valence-corrected chi connectivity index (χ0v) is 13.2. The Morgan fingerprint density at radius 3 is 2.82 bits per heavy atom. The Hall–Kier alpha value is -1.89. The van der Waals surface area contributed by atoms with E-state index in [0.29, 0.717) is 31.0 Å². The maximum absolute atomic E-state index is 12.5. The molecule has 2 atom stereocenters. The van der Waals surface area contributed by atoms with Crippen molar-refractivity contribution < 1.29 is 18.8 Å². The van der Waals surface area contributed by atoms with Crippen molar-refractivity contribution in [2.75, 3.05) is 20.2 Å². The number of hydrogen-bond acceptors (Lipinski definition) is 5. The quantitative estimate of drug-likeness (QED) is 0.879. The molecule has 1 aliphatic rings. The summed E-state index contributed by atoms with van der Waals surface area (Å²) in [6.45, 7) is 4.95. The van der Waals surface area contributed by atoms with Gasteiger partial charge in [0.15, 0.2) is 5.69 Å². The predicted molar refractivity (Wildman–Crippen MR) is 79.2 cm³/mol. The summed E-state index contributed by atoms with van der Waals surface area (Å²) in [5.74, 6) is 0.209. The average Bonchev–Trinajstić information content (AvgIpc) is 2.95. The molecule has 0 aliphatic carbocycles. The van der Waals surface area contributed by atoms with E-state index in [-0.39, 0.29) is 36.2 Å². The van der Waals surface area contributed by atoms with Crippen molar-refractivity contribution in [3.8, 4) is 0 Å². The van der Waals surface area contributed by atoms with Gasteiger partial charge in [-0.25, -0.2) is 0 Å². The fourth-order valence-corrected chi connectivity index (χ4v) is 2.78. The summed E-state index contributed by atoms with van der Waals surface area (Å²) in [5.41, 5.74) is 5.59. The van der Waals surface area contributed by atoms with Gasteiger partial charge >= 0.3 is 0 Å². The molecule has 0 bridgehead atoms. The van der Waals surface area contributed by atoms with Crippen LogP contribution in [0.4, 0.5) is 0 Å². The maximum atomic E-state index is 12.5. The number of aromatic nitrogens is 1. The maximum Gasteiger partial charge on any atom is 0.276 e. The molecule has 0 radical (unpaired) electrons. The van der Waals surface area contributed by atoms with Gasteiger partial charge in [0.25, 0.3) is 5.91 Å². The van der Waals surface area contributed by atoms with Crippen LogP contribution in [0.5, 0.6) is 0 Å². The molecule has 0 aromatic carbocycles. The lowest BCUT2D eigenvalue weighted by molar-refractivity contribution is -0.121. The lowest BCUT2D eigenvalue weighted by atomic mass is 9.91. The number of primary amides is 1. The third kappa shape index (κ3) is 3.65. The second kappa shape index (κ2) is 6.91. The predicted octanol–water partition coefficient (Wildman–Crippen LogP) is 1.15. The number of ether oxygens (including phenoxy) is 1. The molecule has 122 valence electrons. The van der Waals surface area contributed by atoms with Crippen molar-refractivity contribution in [3.63, 3.8) is 0 Å². The summed E-state index contributed by atoms with van der Waals surface area (Å²) >= 11 is 0.